The first-order valence-corrected chi connectivity index (χ1v) is 9.98. The van der Waals surface area contributed by atoms with Crippen LogP contribution in [0.3, 0.4) is 0 Å². The summed E-state index contributed by atoms with van der Waals surface area (Å²) in [5.74, 6) is 2.49. The highest BCUT2D eigenvalue weighted by atomic mass is 16.5. The Kier molecular flexibility index (Phi) is 5.79. The minimum atomic E-state index is 0.514. The van der Waals surface area contributed by atoms with Gasteiger partial charge in [-0.05, 0) is 42.7 Å². The fourth-order valence-corrected chi connectivity index (χ4v) is 3.00. The van der Waals surface area contributed by atoms with E-state index in [0.29, 0.717) is 24.4 Å². The molecule has 30 heavy (non-hydrogen) atoms. The van der Waals surface area contributed by atoms with Crippen LogP contribution in [0, 0.1) is 5.92 Å². The largest absolute Gasteiger partial charge is 0.491 e. The number of nitrogens with zero attached hydrogens (tertiary/aromatic N) is 4. The van der Waals surface area contributed by atoms with Crippen molar-refractivity contribution in [2.45, 2.75) is 20.3 Å². The van der Waals surface area contributed by atoms with Crippen LogP contribution < -0.4 is 14.8 Å². The van der Waals surface area contributed by atoms with Crippen LogP contribution in [0.15, 0.2) is 60.9 Å². The molecule has 0 saturated heterocycles. The third kappa shape index (κ3) is 4.51. The lowest BCUT2D eigenvalue weighted by molar-refractivity contribution is 0.291. The summed E-state index contributed by atoms with van der Waals surface area (Å²) in [6, 6.07) is 15.6. The molecule has 1 N–H and O–H groups in total. The molecule has 4 rings (SSSR count). The highest BCUT2D eigenvalue weighted by Crippen LogP contribution is 2.27. The van der Waals surface area contributed by atoms with Crippen molar-refractivity contribution in [2.24, 2.45) is 5.92 Å². The zero-order valence-corrected chi connectivity index (χ0v) is 17.4. The Balaban J connectivity index is 1.54. The maximum atomic E-state index is 5.95. The van der Waals surface area contributed by atoms with E-state index >= 15 is 0 Å². The summed E-state index contributed by atoms with van der Waals surface area (Å²) < 4.78 is 12.8. The SMILES string of the molecule is COc1ccc(-c2ccc3nc(Nc4ccccc4OCCC(C)C)nn3c2)cn1. The normalized spacial score (nSPS) is 11.1. The van der Waals surface area contributed by atoms with Crippen molar-refractivity contribution in [1.29, 1.82) is 0 Å². The van der Waals surface area contributed by atoms with E-state index < -0.39 is 0 Å². The number of methoxy groups -OCH3 is 1. The van der Waals surface area contributed by atoms with Gasteiger partial charge in [-0.3, -0.25) is 0 Å². The number of aromatic nitrogens is 4. The summed E-state index contributed by atoms with van der Waals surface area (Å²) in [4.78, 5) is 8.84. The number of benzene rings is 1. The minimum Gasteiger partial charge on any atom is -0.491 e. The smallest absolute Gasteiger partial charge is 0.247 e. The first-order chi connectivity index (χ1) is 14.6. The molecular weight excluding hydrogens is 378 g/mol. The van der Waals surface area contributed by atoms with E-state index in [1.165, 1.54) is 0 Å². The lowest BCUT2D eigenvalue weighted by Crippen LogP contribution is -2.03. The molecular formula is C23H25N5O2. The van der Waals surface area contributed by atoms with Gasteiger partial charge in [-0.2, -0.15) is 4.98 Å². The maximum absolute atomic E-state index is 5.95. The molecule has 1 aromatic carbocycles. The molecule has 0 aliphatic heterocycles. The van der Waals surface area contributed by atoms with Crippen molar-refractivity contribution >= 4 is 17.3 Å². The van der Waals surface area contributed by atoms with Crippen molar-refractivity contribution < 1.29 is 9.47 Å². The van der Waals surface area contributed by atoms with Crippen LogP contribution in [0.5, 0.6) is 11.6 Å². The molecule has 3 heterocycles. The molecule has 0 spiro atoms. The Bertz CT molecular complexity index is 1120. The lowest BCUT2D eigenvalue weighted by atomic mass is 10.1. The Morgan fingerprint density at radius 1 is 1.03 bits per heavy atom. The average Bonchev–Trinajstić information content (AvgIpc) is 3.16. The van der Waals surface area contributed by atoms with Gasteiger partial charge in [0.25, 0.3) is 0 Å². The number of ether oxygens (including phenoxy) is 2. The summed E-state index contributed by atoms with van der Waals surface area (Å²) in [5, 5.41) is 7.85. The fraction of sp³-hybridized carbons (Fsp3) is 0.261. The zero-order chi connectivity index (χ0) is 20.9. The number of pyridine rings is 2. The number of hydrogen-bond donors (Lipinski definition) is 1. The molecule has 154 valence electrons. The van der Waals surface area contributed by atoms with Gasteiger partial charge in [0.1, 0.15) is 5.75 Å². The van der Waals surface area contributed by atoms with Crippen molar-refractivity contribution in [1.82, 2.24) is 19.6 Å². The van der Waals surface area contributed by atoms with Gasteiger partial charge in [0.05, 0.1) is 19.4 Å². The van der Waals surface area contributed by atoms with Crippen LogP contribution in [-0.4, -0.2) is 33.3 Å². The second kappa shape index (κ2) is 8.82. The first kappa shape index (κ1) is 19.7. The van der Waals surface area contributed by atoms with E-state index in [2.05, 4.69) is 34.2 Å². The molecule has 7 heteroatoms. The Labute approximate surface area is 175 Å². The van der Waals surface area contributed by atoms with E-state index in [-0.39, 0.29) is 0 Å². The van der Waals surface area contributed by atoms with Crippen molar-refractivity contribution in [3.8, 4) is 22.8 Å². The van der Waals surface area contributed by atoms with Gasteiger partial charge in [0.15, 0.2) is 5.65 Å². The number of fused-ring (bicyclic) bond motifs is 1. The number of hydrogen-bond acceptors (Lipinski definition) is 6. The standard InChI is InChI=1S/C23H25N5O2/c1-16(2)12-13-30-20-7-5-4-6-19(20)25-23-26-21-10-8-18(15-28(21)27-23)17-9-11-22(29-3)24-14-17/h4-11,14-16H,12-13H2,1-3H3,(H,25,27). The monoisotopic (exact) mass is 403 g/mol. The van der Waals surface area contributed by atoms with Gasteiger partial charge < -0.3 is 14.8 Å². The van der Waals surface area contributed by atoms with Crippen LogP contribution in [0.2, 0.25) is 0 Å². The summed E-state index contributed by atoms with van der Waals surface area (Å²) in [5.41, 5.74) is 3.57. The quantitative estimate of drug-likeness (QED) is 0.448. The van der Waals surface area contributed by atoms with Crippen molar-refractivity contribution in [3.63, 3.8) is 0 Å². The Morgan fingerprint density at radius 3 is 2.63 bits per heavy atom. The summed E-state index contributed by atoms with van der Waals surface area (Å²) in [6.07, 6.45) is 4.72. The minimum absolute atomic E-state index is 0.514. The molecule has 4 aromatic rings. The Morgan fingerprint density at radius 2 is 1.87 bits per heavy atom. The molecule has 0 unspecified atom stereocenters. The maximum Gasteiger partial charge on any atom is 0.247 e. The summed E-state index contributed by atoms with van der Waals surface area (Å²) in [7, 11) is 1.60. The molecule has 0 atom stereocenters. The molecule has 0 amide bonds. The van der Waals surface area contributed by atoms with Gasteiger partial charge in [-0.25, -0.2) is 9.50 Å². The molecule has 0 bridgehead atoms. The predicted octanol–water partition coefficient (Wildman–Crippen LogP) is 4.97. The molecule has 3 aromatic heterocycles. The van der Waals surface area contributed by atoms with E-state index in [0.717, 1.165) is 34.6 Å². The van der Waals surface area contributed by atoms with Crippen LogP contribution in [0.4, 0.5) is 11.6 Å². The Hall–Kier alpha value is -3.61. The number of anilines is 2. The molecule has 0 saturated carbocycles. The molecule has 0 aliphatic rings. The predicted molar refractivity (Wildman–Crippen MR) is 117 cm³/mol. The van der Waals surface area contributed by atoms with Crippen LogP contribution in [0.25, 0.3) is 16.8 Å². The van der Waals surface area contributed by atoms with Gasteiger partial charge in [0, 0.05) is 29.6 Å². The third-order valence-corrected chi connectivity index (χ3v) is 4.70. The van der Waals surface area contributed by atoms with Gasteiger partial charge in [0.2, 0.25) is 11.8 Å². The summed E-state index contributed by atoms with van der Waals surface area (Å²) >= 11 is 0. The fourth-order valence-electron chi connectivity index (χ4n) is 3.00. The third-order valence-electron chi connectivity index (χ3n) is 4.70. The molecule has 0 fully saturated rings. The molecule has 0 aliphatic carbocycles. The van der Waals surface area contributed by atoms with Crippen molar-refractivity contribution in [3.05, 3.63) is 60.9 Å². The van der Waals surface area contributed by atoms with Gasteiger partial charge in [-0.1, -0.05) is 26.0 Å². The molecule has 0 radical (unpaired) electrons. The van der Waals surface area contributed by atoms with Crippen LogP contribution >= 0.6 is 0 Å². The summed E-state index contributed by atoms with van der Waals surface area (Å²) in [6.45, 7) is 5.04. The second-order valence-corrected chi connectivity index (χ2v) is 7.40. The lowest BCUT2D eigenvalue weighted by Gasteiger charge is -2.12. The van der Waals surface area contributed by atoms with E-state index in [9.17, 15) is 0 Å². The number of nitrogens with one attached hydrogen (secondary N) is 1. The molecule has 7 nitrogen and oxygen atoms in total. The number of rotatable bonds is 8. The van der Waals surface area contributed by atoms with E-state index in [1.54, 1.807) is 17.8 Å². The van der Waals surface area contributed by atoms with Gasteiger partial charge in [-0.15, -0.1) is 5.10 Å². The zero-order valence-electron chi connectivity index (χ0n) is 17.4. The topological polar surface area (TPSA) is 73.6 Å². The highest BCUT2D eigenvalue weighted by molar-refractivity contribution is 5.66. The van der Waals surface area contributed by atoms with Crippen molar-refractivity contribution in [2.75, 3.05) is 19.0 Å². The van der Waals surface area contributed by atoms with E-state index in [4.69, 9.17) is 9.47 Å². The van der Waals surface area contributed by atoms with Crippen LogP contribution in [0.1, 0.15) is 20.3 Å². The highest BCUT2D eigenvalue weighted by Gasteiger charge is 2.09. The number of para-hydroxylation sites is 2. The average molecular weight is 403 g/mol. The van der Waals surface area contributed by atoms with E-state index in [1.807, 2.05) is 54.7 Å². The van der Waals surface area contributed by atoms with Crippen LogP contribution in [-0.2, 0) is 0 Å². The second-order valence-electron chi connectivity index (χ2n) is 7.40. The first-order valence-electron chi connectivity index (χ1n) is 9.98. The van der Waals surface area contributed by atoms with Gasteiger partial charge >= 0.3 is 0 Å².